The molecule has 0 spiro atoms. The molecular weight excluding hydrogens is 332 g/mol. The SMILES string of the molecule is COc1ccc(CN(C)Cc2cnc(-c3ccccc3)s2)c(OC)c1. The molecule has 4 nitrogen and oxygen atoms in total. The van der Waals surface area contributed by atoms with Crippen molar-refractivity contribution in [1.82, 2.24) is 9.88 Å². The van der Waals surface area contributed by atoms with Crippen LogP contribution in [0.15, 0.2) is 54.7 Å². The molecule has 1 aromatic heterocycles. The second-order valence-electron chi connectivity index (χ2n) is 5.85. The van der Waals surface area contributed by atoms with Crippen molar-refractivity contribution >= 4 is 11.3 Å². The zero-order valence-corrected chi connectivity index (χ0v) is 15.5. The van der Waals surface area contributed by atoms with E-state index in [1.807, 2.05) is 36.5 Å². The number of rotatable bonds is 7. The van der Waals surface area contributed by atoms with E-state index >= 15 is 0 Å². The molecule has 0 aliphatic carbocycles. The Morgan fingerprint density at radius 1 is 1.00 bits per heavy atom. The highest BCUT2D eigenvalue weighted by Crippen LogP contribution is 2.28. The minimum Gasteiger partial charge on any atom is -0.497 e. The molecule has 0 unspecified atom stereocenters. The molecule has 0 aliphatic heterocycles. The van der Waals surface area contributed by atoms with E-state index in [-0.39, 0.29) is 0 Å². The molecule has 5 heteroatoms. The zero-order valence-electron chi connectivity index (χ0n) is 14.7. The van der Waals surface area contributed by atoms with Gasteiger partial charge < -0.3 is 9.47 Å². The highest BCUT2D eigenvalue weighted by atomic mass is 32.1. The lowest BCUT2D eigenvalue weighted by molar-refractivity contribution is 0.311. The highest BCUT2D eigenvalue weighted by molar-refractivity contribution is 7.15. The standard InChI is InChI=1S/C20H22N2O2S/c1-22(13-16-9-10-17(23-2)11-19(16)24-3)14-18-12-21-20(25-18)15-7-5-4-6-8-15/h4-12H,13-14H2,1-3H3. The van der Waals surface area contributed by atoms with Gasteiger partial charge in [-0.15, -0.1) is 11.3 Å². The molecule has 3 aromatic rings. The summed E-state index contributed by atoms with van der Waals surface area (Å²) in [6, 6.07) is 16.2. The van der Waals surface area contributed by atoms with Crippen LogP contribution in [0, 0.1) is 0 Å². The average Bonchev–Trinajstić information content (AvgIpc) is 3.11. The Balaban J connectivity index is 1.67. The van der Waals surface area contributed by atoms with Crippen LogP contribution < -0.4 is 9.47 Å². The maximum atomic E-state index is 5.48. The van der Waals surface area contributed by atoms with Crippen molar-refractivity contribution in [3.05, 3.63) is 65.2 Å². The number of benzene rings is 2. The van der Waals surface area contributed by atoms with Gasteiger partial charge in [0.15, 0.2) is 0 Å². The van der Waals surface area contributed by atoms with Crippen molar-refractivity contribution in [2.24, 2.45) is 0 Å². The summed E-state index contributed by atoms with van der Waals surface area (Å²) >= 11 is 1.74. The quantitative estimate of drug-likeness (QED) is 0.627. The van der Waals surface area contributed by atoms with Crippen LogP contribution in [0.1, 0.15) is 10.4 Å². The van der Waals surface area contributed by atoms with Gasteiger partial charge in [0.25, 0.3) is 0 Å². The summed E-state index contributed by atoms with van der Waals surface area (Å²) in [5, 5.41) is 1.06. The van der Waals surface area contributed by atoms with Gasteiger partial charge in [-0.3, -0.25) is 4.90 Å². The van der Waals surface area contributed by atoms with Crippen LogP contribution in [0.5, 0.6) is 11.5 Å². The first-order valence-electron chi connectivity index (χ1n) is 8.09. The molecular formula is C20H22N2O2S. The molecule has 1 heterocycles. The molecule has 0 bridgehead atoms. The molecule has 0 aliphatic rings. The Morgan fingerprint density at radius 3 is 2.52 bits per heavy atom. The van der Waals surface area contributed by atoms with Crippen molar-refractivity contribution in [3.63, 3.8) is 0 Å². The third kappa shape index (κ3) is 4.38. The Kier molecular flexibility index (Phi) is 5.68. The maximum absolute atomic E-state index is 5.48. The number of hydrogen-bond acceptors (Lipinski definition) is 5. The summed E-state index contributed by atoms with van der Waals surface area (Å²) in [6.45, 7) is 1.64. The predicted molar refractivity (Wildman–Crippen MR) is 102 cm³/mol. The molecule has 0 saturated heterocycles. The van der Waals surface area contributed by atoms with Gasteiger partial charge in [0, 0.05) is 41.4 Å². The first kappa shape index (κ1) is 17.5. The number of thiazole rings is 1. The number of methoxy groups -OCH3 is 2. The Morgan fingerprint density at radius 2 is 1.80 bits per heavy atom. The van der Waals surface area contributed by atoms with Crippen molar-refractivity contribution in [2.75, 3.05) is 21.3 Å². The number of hydrogen-bond donors (Lipinski definition) is 0. The summed E-state index contributed by atoms with van der Waals surface area (Å²) in [6.07, 6.45) is 1.97. The van der Waals surface area contributed by atoms with Gasteiger partial charge in [0.1, 0.15) is 16.5 Å². The molecule has 0 atom stereocenters. The van der Waals surface area contributed by atoms with Gasteiger partial charge in [0.2, 0.25) is 0 Å². The minimum atomic E-state index is 0.797. The van der Waals surface area contributed by atoms with Gasteiger partial charge in [-0.1, -0.05) is 36.4 Å². The van der Waals surface area contributed by atoms with Crippen LogP contribution in [0.4, 0.5) is 0 Å². The molecule has 0 radical (unpaired) electrons. The van der Waals surface area contributed by atoms with Crippen molar-refractivity contribution < 1.29 is 9.47 Å². The summed E-state index contributed by atoms with van der Waals surface area (Å²) in [7, 11) is 5.45. The summed E-state index contributed by atoms with van der Waals surface area (Å²) in [4.78, 5) is 8.05. The van der Waals surface area contributed by atoms with E-state index in [0.29, 0.717) is 0 Å². The first-order chi connectivity index (χ1) is 12.2. The average molecular weight is 354 g/mol. The van der Waals surface area contributed by atoms with Crippen LogP contribution in [0.25, 0.3) is 10.6 Å². The second-order valence-corrected chi connectivity index (χ2v) is 6.96. The largest absolute Gasteiger partial charge is 0.497 e. The summed E-state index contributed by atoms with van der Waals surface area (Å²) in [5.74, 6) is 1.65. The van der Waals surface area contributed by atoms with E-state index in [1.165, 1.54) is 10.4 Å². The van der Waals surface area contributed by atoms with Crippen molar-refractivity contribution in [3.8, 4) is 22.1 Å². The molecule has 3 rings (SSSR count). The molecule has 0 amide bonds. The Hall–Kier alpha value is -2.37. The lowest BCUT2D eigenvalue weighted by Crippen LogP contribution is -2.17. The van der Waals surface area contributed by atoms with Gasteiger partial charge >= 0.3 is 0 Å². The van der Waals surface area contributed by atoms with E-state index in [2.05, 4.69) is 35.1 Å². The fraction of sp³-hybridized carbons (Fsp3) is 0.250. The lowest BCUT2D eigenvalue weighted by Gasteiger charge is -2.18. The number of ether oxygens (including phenoxy) is 2. The fourth-order valence-electron chi connectivity index (χ4n) is 2.69. The van der Waals surface area contributed by atoms with Crippen molar-refractivity contribution in [2.45, 2.75) is 13.1 Å². The highest BCUT2D eigenvalue weighted by Gasteiger charge is 2.11. The molecule has 0 fully saturated rings. The van der Waals surface area contributed by atoms with Gasteiger partial charge in [0.05, 0.1) is 14.2 Å². The third-order valence-corrected chi connectivity index (χ3v) is 4.97. The van der Waals surface area contributed by atoms with Crippen LogP contribution in [0.2, 0.25) is 0 Å². The molecule has 0 N–H and O–H groups in total. The monoisotopic (exact) mass is 354 g/mol. The minimum absolute atomic E-state index is 0.797. The van der Waals surface area contributed by atoms with E-state index in [1.54, 1.807) is 25.6 Å². The van der Waals surface area contributed by atoms with Crippen LogP contribution >= 0.6 is 11.3 Å². The van der Waals surface area contributed by atoms with E-state index in [0.717, 1.165) is 35.2 Å². The summed E-state index contributed by atoms with van der Waals surface area (Å²) < 4.78 is 10.7. The van der Waals surface area contributed by atoms with E-state index < -0.39 is 0 Å². The van der Waals surface area contributed by atoms with Crippen molar-refractivity contribution in [1.29, 1.82) is 0 Å². The number of nitrogens with zero attached hydrogens (tertiary/aromatic N) is 2. The summed E-state index contributed by atoms with van der Waals surface area (Å²) in [5.41, 5.74) is 2.30. The Labute approximate surface area is 152 Å². The van der Waals surface area contributed by atoms with Gasteiger partial charge in [-0.2, -0.15) is 0 Å². The van der Waals surface area contributed by atoms with Crippen LogP contribution in [-0.4, -0.2) is 31.2 Å². The first-order valence-corrected chi connectivity index (χ1v) is 8.91. The van der Waals surface area contributed by atoms with Gasteiger partial charge in [-0.05, 0) is 13.1 Å². The molecule has 25 heavy (non-hydrogen) atoms. The second kappa shape index (κ2) is 8.14. The van der Waals surface area contributed by atoms with Crippen LogP contribution in [0.3, 0.4) is 0 Å². The van der Waals surface area contributed by atoms with E-state index in [4.69, 9.17) is 9.47 Å². The fourth-order valence-corrected chi connectivity index (χ4v) is 3.69. The topological polar surface area (TPSA) is 34.6 Å². The predicted octanol–water partition coefficient (Wildman–Crippen LogP) is 4.46. The third-order valence-electron chi connectivity index (χ3n) is 3.93. The molecule has 130 valence electrons. The molecule has 2 aromatic carbocycles. The van der Waals surface area contributed by atoms with Gasteiger partial charge in [-0.25, -0.2) is 4.98 Å². The Bertz CT molecular complexity index is 818. The lowest BCUT2D eigenvalue weighted by atomic mass is 10.2. The van der Waals surface area contributed by atoms with Crippen LogP contribution in [-0.2, 0) is 13.1 Å². The van der Waals surface area contributed by atoms with E-state index in [9.17, 15) is 0 Å². The normalized spacial score (nSPS) is 10.9. The maximum Gasteiger partial charge on any atom is 0.127 e. The molecule has 0 saturated carbocycles. The zero-order chi connectivity index (χ0) is 17.6. The number of aromatic nitrogens is 1. The smallest absolute Gasteiger partial charge is 0.127 e.